The monoisotopic (exact) mass is 1040 g/mol. The van der Waals surface area contributed by atoms with Crippen LogP contribution in [0.4, 0.5) is 0 Å². The minimum absolute atomic E-state index is 0.0221. The van der Waals surface area contributed by atoms with Crippen molar-refractivity contribution in [3.05, 3.63) is 199 Å². The van der Waals surface area contributed by atoms with Crippen molar-refractivity contribution in [1.29, 1.82) is 0 Å². The van der Waals surface area contributed by atoms with Gasteiger partial charge >= 0.3 is 6.15 Å². The smallest absolute Gasteiger partial charge is 0.373 e. The van der Waals surface area contributed by atoms with Crippen molar-refractivity contribution in [2.75, 3.05) is 0 Å². The van der Waals surface area contributed by atoms with Crippen molar-refractivity contribution in [2.24, 2.45) is 0 Å². The van der Waals surface area contributed by atoms with Crippen LogP contribution in [0.5, 0.6) is 0 Å². The SMILES string of the molecule is CCC(O)(/C=C/c1ccc(C(CC)(CC)c2ccc(-c3ccc(C)c(COC=O)c3)c(C)c2)cc1C)CC.CCc1cc(-c2ccc(C(CC)(CC)c3ccc(/C=C/C(O)(CC)CC)c(C)c3)cc2C)ccc1C.O=C=O. The molecule has 0 radical (unpaired) electrons. The van der Waals surface area contributed by atoms with Gasteiger partial charge in [0, 0.05) is 10.8 Å². The van der Waals surface area contributed by atoms with Crippen LogP contribution in [0.3, 0.4) is 0 Å². The van der Waals surface area contributed by atoms with Crippen molar-refractivity contribution >= 4 is 24.8 Å². The Labute approximate surface area is 463 Å². The van der Waals surface area contributed by atoms with Crippen LogP contribution >= 0.6 is 0 Å². The highest BCUT2D eigenvalue weighted by Gasteiger charge is 2.33. The Bertz CT molecular complexity index is 2980. The average Bonchev–Trinajstić information content (AvgIpc) is 3.44. The molecule has 0 aliphatic heterocycles. The fourth-order valence-electron chi connectivity index (χ4n) is 11.2. The number of hydrogen-bond acceptors (Lipinski definition) is 6. The zero-order valence-electron chi connectivity index (χ0n) is 49.4. The lowest BCUT2D eigenvalue weighted by Gasteiger charge is -2.34. The molecule has 0 aliphatic rings. The molecule has 0 bridgehead atoms. The summed E-state index contributed by atoms with van der Waals surface area (Å²) in [5.41, 5.74) is 21.1. The minimum Gasteiger partial charge on any atom is -0.463 e. The second-order valence-corrected chi connectivity index (χ2v) is 21.2. The molecule has 410 valence electrons. The molecule has 0 aromatic heterocycles. The van der Waals surface area contributed by atoms with Gasteiger partial charge in [0.05, 0.1) is 11.2 Å². The Balaban J connectivity index is 0.000000317. The molecule has 6 aromatic rings. The largest absolute Gasteiger partial charge is 0.463 e. The van der Waals surface area contributed by atoms with Gasteiger partial charge in [0.15, 0.2) is 0 Å². The van der Waals surface area contributed by atoms with Crippen LogP contribution in [0.2, 0.25) is 0 Å². The van der Waals surface area contributed by atoms with Crippen LogP contribution in [0.1, 0.15) is 192 Å². The van der Waals surface area contributed by atoms with Gasteiger partial charge in [-0.05, 0) is 206 Å². The highest BCUT2D eigenvalue weighted by Crippen LogP contribution is 2.43. The van der Waals surface area contributed by atoms with E-state index in [0.717, 1.165) is 67.2 Å². The maximum atomic E-state index is 10.7. The first-order chi connectivity index (χ1) is 36.7. The third-order valence-electron chi connectivity index (χ3n) is 17.2. The van der Waals surface area contributed by atoms with Crippen molar-refractivity contribution in [3.8, 4) is 22.3 Å². The van der Waals surface area contributed by atoms with Gasteiger partial charge in [-0.1, -0.05) is 190 Å². The van der Waals surface area contributed by atoms with E-state index in [1.54, 1.807) is 0 Å². The molecule has 0 aliphatic carbocycles. The van der Waals surface area contributed by atoms with E-state index in [9.17, 15) is 15.0 Å². The highest BCUT2D eigenvalue weighted by molar-refractivity contribution is 5.71. The molecule has 0 saturated heterocycles. The lowest BCUT2D eigenvalue weighted by atomic mass is 9.69. The van der Waals surface area contributed by atoms with E-state index in [-0.39, 0.29) is 23.6 Å². The van der Waals surface area contributed by atoms with Gasteiger partial charge in [-0.2, -0.15) is 9.59 Å². The maximum Gasteiger partial charge on any atom is 0.373 e. The summed E-state index contributed by atoms with van der Waals surface area (Å²) in [5, 5.41) is 21.4. The molecule has 0 spiro atoms. The van der Waals surface area contributed by atoms with Gasteiger partial charge in [-0.25, -0.2) is 0 Å². The van der Waals surface area contributed by atoms with E-state index in [2.05, 4.69) is 191 Å². The summed E-state index contributed by atoms with van der Waals surface area (Å²) in [5.74, 6) is 0. The fraction of sp³-hybridized carbons (Fsp3) is 0.408. The van der Waals surface area contributed by atoms with E-state index in [1.807, 2.05) is 46.8 Å². The first-order valence-corrected chi connectivity index (χ1v) is 28.3. The summed E-state index contributed by atoms with van der Waals surface area (Å²) in [4.78, 5) is 27.0. The van der Waals surface area contributed by atoms with Gasteiger partial charge < -0.3 is 14.9 Å². The topological polar surface area (TPSA) is 101 Å². The Kier molecular flexibility index (Phi) is 23.6. The third-order valence-corrected chi connectivity index (χ3v) is 17.2. The van der Waals surface area contributed by atoms with Gasteiger partial charge in [0.1, 0.15) is 6.61 Å². The molecule has 6 nitrogen and oxygen atoms in total. The molecule has 6 heteroatoms. The number of carbonyl (C=O) groups excluding carboxylic acids is 3. The Morgan fingerprint density at radius 3 is 1.08 bits per heavy atom. The first-order valence-electron chi connectivity index (χ1n) is 28.3. The summed E-state index contributed by atoms with van der Waals surface area (Å²) >= 11 is 0. The second-order valence-electron chi connectivity index (χ2n) is 21.2. The number of carbonyl (C=O) groups is 1. The molecule has 0 unspecified atom stereocenters. The molecule has 0 saturated carbocycles. The van der Waals surface area contributed by atoms with E-state index >= 15 is 0 Å². The maximum absolute atomic E-state index is 10.7. The number of hydrogen-bond donors (Lipinski definition) is 2. The number of ether oxygens (including phenoxy) is 1. The van der Waals surface area contributed by atoms with Crippen molar-refractivity contribution in [1.82, 2.24) is 0 Å². The Morgan fingerprint density at radius 2 is 0.766 bits per heavy atom. The standard InChI is InChI=1S/C35H44O3.C35H46O.CO2/c1-8-34(37,9-2)19-18-28-14-15-31(20-26(28)6)35(10-3,11-4)32-16-17-33(27(7)21-32)29-13-12-25(5)30(22-29)23-38-24-36;1-9-28-24-30(15-14-25(28)6)33-19-18-32(23-27(33)8)35(12-4,13-5)31-17-16-29(26(7)22-31)20-21-34(36,10-2)11-3;2-1-3/h12-22,24,37H,8-11,23H2,1-7H3;14-24,36H,9-13H2,1-8H3;/b19-18+;21-20+;. The van der Waals surface area contributed by atoms with Crippen molar-refractivity contribution in [3.63, 3.8) is 0 Å². The molecule has 0 fully saturated rings. The molecular weight excluding hydrogens is 949 g/mol. The lowest BCUT2D eigenvalue weighted by molar-refractivity contribution is -0.191. The van der Waals surface area contributed by atoms with E-state index in [4.69, 9.17) is 14.3 Å². The fourth-order valence-corrected chi connectivity index (χ4v) is 11.2. The molecule has 77 heavy (non-hydrogen) atoms. The zero-order valence-corrected chi connectivity index (χ0v) is 49.4. The van der Waals surface area contributed by atoms with Crippen LogP contribution in [0.15, 0.2) is 121 Å². The van der Waals surface area contributed by atoms with Gasteiger partial charge in [0.25, 0.3) is 6.47 Å². The summed E-state index contributed by atoms with van der Waals surface area (Å²) < 4.78 is 5.03. The zero-order chi connectivity index (χ0) is 57.1. The number of aliphatic hydroxyl groups is 2. The quantitative estimate of drug-likeness (QED) is 0.0657. The third kappa shape index (κ3) is 15.0. The molecular formula is C71H90O6. The highest BCUT2D eigenvalue weighted by atomic mass is 16.5. The van der Waals surface area contributed by atoms with Crippen LogP contribution in [0.25, 0.3) is 34.4 Å². The number of benzene rings is 6. The minimum atomic E-state index is -0.749. The average molecular weight is 1040 g/mol. The molecule has 2 N–H and O–H groups in total. The normalized spacial score (nSPS) is 12.0. The van der Waals surface area contributed by atoms with Crippen LogP contribution < -0.4 is 0 Å². The first kappa shape index (κ1) is 63.1. The predicted octanol–water partition coefficient (Wildman–Crippen LogP) is 17.6. The number of aryl methyl sites for hydroxylation is 7. The molecule has 0 atom stereocenters. The van der Waals surface area contributed by atoms with Crippen LogP contribution in [-0.4, -0.2) is 34.0 Å². The van der Waals surface area contributed by atoms with Crippen LogP contribution in [0, 0.1) is 41.5 Å². The Hall–Kier alpha value is -6.43. The summed E-state index contributed by atoms with van der Waals surface area (Å²) in [6, 6.07) is 40.9. The van der Waals surface area contributed by atoms with Crippen molar-refractivity contribution in [2.45, 2.75) is 190 Å². The molecule has 0 heterocycles. The van der Waals surface area contributed by atoms with Gasteiger partial charge in [0.2, 0.25) is 0 Å². The Morgan fingerprint density at radius 1 is 0.429 bits per heavy atom. The molecule has 6 aromatic carbocycles. The summed E-state index contributed by atoms with van der Waals surface area (Å²) in [6.07, 6.45) is 16.4. The molecule has 0 amide bonds. The van der Waals surface area contributed by atoms with Gasteiger partial charge in [-0.3, -0.25) is 4.79 Å². The van der Waals surface area contributed by atoms with Crippen molar-refractivity contribution < 1.29 is 29.3 Å². The van der Waals surface area contributed by atoms with Gasteiger partial charge in [-0.15, -0.1) is 0 Å². The van der Waals surface area contributed by atoms with E-state index in [1.165, 1.54) is 77.9 Å². The van der Waals surface area contributed by atoms with E-state index < -0.39 is 11.2 Å². The second kappa shape index (κ2) is 28.8. The molecule has 6 rings (SSSR count). The summed E-state index contributed by atoms with van der Waals surface area (Å²) in [7, 11) is 0. The lowest BCUT2D eigenvalue weighted by Crippen LogP contribution is -2.26. The summed E-state index contributed by atoms with van der Waals surface area (Å²) in [6.45, 7) is 33.3. The number of rotatable bonds is 22. The van der Waals surface area contributed by atoms with E-state index in [0.29, 0.717) is 19.3 Å². The van der Waals surface area contributed by atoms with Crippen LogP contribution in [-0.2, 0) is 43.0 Å². The predicted molar refractivity (Wildman–Crippen MR) is 322 cm³/mol.